The molecule has 5 heterocycles. The quantitative estimate of drug-likeness (QED) is 0.402. The maximum absolute atomic E-state index is 12.9. The minimum Gasteiger partial charge on any atom is -0.342 e. The summed E-state index contributed by atoms with van der Waals surface area (Å²) < 4.78 is 2.80. The van der Waals surface area contributed by atoms with Crippen LogP contribution in [0.4, 0.5) is 0 Å². The largest absolute Gasteiger partial charge is 0.342 e. The van der Waals surface area contributed by atoms with Crippen molar-refractivity contribution in [2.24, 2.45) is 0 Å². The number of hydrogen-bond donors (Lipinski definition) is 1. The molecule has 5 aromatic rings. The highest BCUT2D eigenvalue weighted by molar-refractivity contribution is 7.15. The summed E-state index contributed by atoms with van der Waals surface area (Å²) in [6.07, 6.45) is 9.53. The van der Waals surface area contributed by atoms with Crippen molar-refractivity contribution < 1.29 is 0 Å². The molecule has 1 aliphatic rings. The van der Waals surface area contributed by atoms with Gasteiger partial charge in [-0.2, -0.15) is 0 Å². The maximum Gasteiger partial charge on any atom is 0.255 e. The van der Waals surface area contributed by atoms with Crippen LogP contribution in [0.25, 0.3) is 22.3 Å². The molecule has 0 fully saturated rings. The number of aromatic nitrogens is 6. The zero-order chi connectivity index (χ0) is 23.1. The van der Waals surface area contributed by atoms with E-state index in [1.807, 2.05) is 6.20 Å². The average molecular weight is 490 g/mol. The fourth-order valence-corrected chi connectivity index (χ4v) is 5.50. The Balaban J connectivity index is 1.27. The van der Waals surface area contributed by atoms with Gasteiger partial charge in [0.25, 0.3) is 5.56 Å². The van der Waals surface area contributed by atoms with Crippen LogP contribution >= 0.6 is 22.9 Å². The Labute approximate surface area is 203 Å². The molecule has 4 aromatic heterocycles. The number of thiazole rings is 1. The Morgan fingerprint density at radius 1 is 1.12 bits per heavy atom. The summed E-state index contributed by atoms with van der Waals surface area (Å²) >= 11 is 7.53. The third-order valence-electron chi connectivity index (χ3n) is 6.10. The van der Waals surface area contributed by atoms with Crippen molar-refractivity contribution in [1.29, 1.82) is 0 Å². The highest BCUT2D eigenvalue weighted by Crippen LogP contribution is 2.27. The first-order chi connectivity index (χ1) is 16.6. The smallest absolute Gasteiger partial charge is 0.255 e. The van der Waals surface area contributed by atoms with E-state index in [1.165, 1.54) is 34.1 Å². The van der Waals surface area contributed by atoms with Crippen molar-refractivity contribution in [1.82, 2.24) is 34.4 Å². The van der Waals surface area contributed by atoms with Gasteiger partial charge in [-0.05, 0) is 11.6 Å². The van der Waals surface area contributed by atoms with Crippen LogP contribution in [0.1, 0.15) is 21.7 Å². The van der Waals surface area contributed by atoms with Crippen LogP contribution < -0.4 is 5.56 Å². The highest BCUT2D eigenvalue weighted by Gasteiger charge is 2.23. The van der Waals surface area contributed by atoms with Gasteiger partial charge in [0, 0.05) is 66.6 Å². The summed E-state index contributed by atoms with van der Waals surface area (Å²) in [4.78, 5) is 36.1. The van der Waals surface area contributed by atoms with Crippen molar-refractivity contribution in [2.45, 2.75) is 26.1 Å². The summed E-state index contributed by atoms with van der Waals surface area (Å²) in [5.41, 5.74) is 4.60. The van der Waals surface area contributed by atoms with E-state index in [0.717, 1.165) is 42.2 Å². The molecular formula is C24H20ClN7OS. The summed E-state index contributed by atoms with van der Waals surface area (Å²) in [6.45, 7) is 2.87. The predicted octanol–water partition coefficient (Wildman–Crippen LogP) is 3.90. The van der Waals surface area contributed by atoms with Crippen molar-refractivity contribution in [3.05, 3.63) is 91.9 Å². The van der Waals surface area contributed by atoms with Crippen LogP contribution in [-0.4, -0.2) is 40.9 Å². The molecule has 34 heavy (non-hydrogen) atoms. The van der Waals surface area contributed by atoms with Gasteiger partial charge in [-0.3, -0.25) is 9.69 Å². The van der Waals surface area contributed by atoms with E-state index >= 15 is 0 Å². The molecular weight excluding hydrogens is 470 g/mol. The molecule has 0 bridgehead atoms. The van der Waals surface area contributed by atoms with Crippen LogP contribution in [0.15, 0.2) is 60.2 Å². The lowest BCUT2D eigenvalue weighted by Gasteiger charge is -2.27. The summed E-state index contributed by atoms with van der Waals surface area (Å²) in [5, 5.41) is 1.22. The number of rotatable bonds is 5. The molecule has 0 spiro atoms. The minimum absolute atomic E-state index is 0.0990. The molecule has 0 atom stereocenters. The molecule has 1 aromatic carbocycles. The van der Waals surface area contributed by atoms with Gasteiger partial charge in [-0.1, -0.05) is 29.8 Å². The van der Waals surface area contributed by atoms with E-state index in [2.05, 4.69) is 59.9 Å². The second-order valence-electron chi connectivity index (χ2n) is 8.31. The molecule has 0 amide bonds. The molecule has 10 heteroatoms. The van der Waals surface area contributed by atoms with Crippen LogP contribution in [0.5, 0.6) is 0 Å². The van der Waals surface area contributed by atoms with E-state index in [1.54, 1.807) is 12.4 Å². The third-order valence-corrected chi connectivity index (χ3v) is 7.20. The van der Waals surface area contributed by atoms with E-state index in [9.17, 15) is 4.79 Å². The van der Waals surface area contributed by atoms with Gasteiger partial charge in [0.2, 0.25) is 0 Å². The second kappa shape index (κ2) is 8.75. The maximum atomic E-state index is 12.9. The van der Waals surface area contributed by atoms with E-state index in [0.29, 0.717) is 22.4 Å². The van der Waals surface area contributed by atoms with Gasteiger partial charge in [0.1, 0.15) is 12.2 Å². The lowest BCUT2D eigenvalue weighted by molar-refractivity contribution is 0.242. The molecule has 6 rings (SSSR count). The zero-order valence-electron chi connectivity index (χ0n) is 18.1. The normalized spacial score (nSPS) is 13.9. The summed E-state index contributed by atoms with van der Waals surface area (Å²) in [7, 11) is 0. The van der Waals surface area contributed by atoms with Crippen LogP contribution in [0.3, 0.4) is 0 Å². The fourth-order valence-electron chi connectivity index (χ4n) is 4.52. The Bertz CT molecular complexity index is 1540. The monoisotopic (exact) mass is 489 g/mol. The molecule has 0 saturated heterocycles. The van der Waals surface area contributed by atoms with Gasteiger partial charge >= 0.3 is 0 Å². The molecule has 0 radical (unpaired) electrons. The number of H-pyrrole nitrogens is 1. The number of halogens is 1. The third kappa shape index (κ3) is 4.02. The van der Waals surface area contributed by atoms with E-state index < -0.39 is 0 Å². The number of benzene rings is 1. The topological polar surface area (TPSA) is 92.6 Å². The van der Waals surface area contributed by atoms with Gasteiger partial charge in [-0.25, -0.2) is 19.9 Å². The summed E-state index contributed by atoms with van der Waals surface area (Å²) in [6, 6.07) is 8.41. The number of fused-ring (bicyclic) bond motifs is 2. The first-order valence-electron chi connectivity index (χ1n) is 10.9. The standard InChI is InChI=1S/C24H20ClN7OS/c25-24-28-9-17(34-24)12-32-11-16(18-3-1-2-4-21(18)32)10-31-6-5-20-19(13-31)23(33)30-22(29-20)15-7-26-14-27-8-15/h1-4,7-9,11,14H,5-6,10,12-13H2,(H,29,30,33). The summed E-state index contributed by atoms with van der Waals surface area (Å²) in [5.74, 6) is 0.518. The first-order valence-corrected chi connectivity index (χ1v) is 12.1. The fraction of sp³-hybridized carbons (Fsp3) is 0.208. The molecule has 170 valence electrons. The van der Waals surface area contributed by atoms with E-state index in [-0.39, 0.29) is 5.56 Å². The van der Waals surface area contributed by atoms with Gasteiger partial charge in [0.05, 0.1) is 23.4 Å². The number of nitrogens with one attached hydrogen (secondary N) is 1. The van der Waals surface area contributed by atoms with Gasteiger partial charge < -0.3 is 9.55 Å². The number of hydrogen-bond acceptors (Lipinski definition) is 7. The molecule has 0 saturated carbocycles. The lowest BCUT2D eigenvalue weighted by Crippen LogP contribution is -2.35. The Morgan fingerprint density at radius 2 is 1.97 bits per heavy atom. The molecule has 1 aliphatic heterocycles. The van der Waals surface area contributed by atoms with Crippen molar-refractivity contribution in [2.75, 3.05) is 6.54 Å². The van der Waals surface area contributed by atoms with Gasteiger partial charge in [0.15, 0.2) is 4.47 Å². The minimum atomic E-state index is -0.0990. The molecule has 0 aliphatic carbocycles. The molecule has 1 N–H and O–H groups in total. The SMILES string of the molecule is O=c1[nH]c(-c2cncnc2)nc2c1CN(Cc1cn(Cc3cnc(Cl)s3)c3ccccc13)CC2. The lowest BCUT2D eigenvalue weighted by atomic mass is 10.1. The predicted molar refractivity (Wildman–Crippen MR) is 132 cm³/mol. The van der Waals surface area contributed by atoms with Crippen LogP contribution in [0.2, 0.25) is 4.47 Å². The second-order valence-corrected chi connectivity index (χ2v) is 10.0. The van der Waals surface area contributed by atoms with Gasteiger partial charge in [-0.15, -0.1) is 11.3 Å². The average Bonchev–Trinajstić information content (AvgIpc) is 3.43. The van der Waals surface area contributed by atoms with Crippen molar-refractivity contribution in [3.63, 3.8) is 0 Å². The van der Waals surface area contributed by atoms with Crippen LogP contribution in [-0.2, 0) is 26.1 Å². The van der Waals surface area contributed by atoms with Crippen molar-refractivity contribution >= 4 is 33.8 Å². The molecule has 8 nitrogen and oxygen atoms in total. The number of para-hydroxylation sites is 1. The van der Waals surface area contributed by atoms with E-state index in [4.69, 9.17) is 16.6 Å². The number of aromatic amines is 1. The Hall–Kier alpha value is -3.40. The van der Waals surface area contributed by atoms with Crippen LogP contribution in [0, 0.1) is 0 Å². The van der Waals surface area contributed by atoms with Crippen molar-refractivity contribution in [3.8, 4) is 11.4 Å². The first kappa shape index (κ1) is 21.2. The highest BCUT2D eigenvalue weighted by atomic mass is 35.5. The zero-order valence-corrected chi connectivity index (χ0v) is 19.7. The molecule has 0 unspecified atom stereocenters. The Morgan fingerprint density at radius 3 is 2.79 bits per heavy atom. The number of nitrogens with zero attached hydrogens (tertiary/aromatic N) is 6. The Kier molecular flexibility index (Phi) is 5.44.